The third kappa shape index (κ3) is 3.29. The van der Waals surface area contributed by atoms with E-state index in [1.807, 2.05) is 37.3 Å². The predicted octanol–water partition coefficient (Wildman–Crippen LogP) is 3.60. The van der Waals surface area contributed by atoms with Crippen molar-refractivity contribution in [2.75, 3.05) is 0 Å². The number of halogens is 1. The molecule has 4 heteroatoms. The first kappa shape index (κ1) is 13.5. The van der Waals surface area contributed by atoms with Crippen molar-refractivity contribution in [2.45, 2.75) is 13.0 Å². The summed E-state index contributed by atoms with van der Waals surface area (Å²) in [4.78, 5) is 0.168. The van der Waals surface area contributed by atoms with E-state index in [-0.39, 0.29) is 16.8 Å². The minimum atomic E-state index is -0.465. The maximum atomic E-state index is 13.8. The van der Waals surface area contributed by atoms with Gasteiger partial charge in [-0.25, -0.2) is 4.39 Å². The lowest BCUT2D eigenvalue weighted by Crippen LogP contribution is -2.10. The van der Waals surface area contributed by atoms with E-state index in [2.05, 4.69) is 0 Å². The fraction of sp³-hybridized carbons (Fsp3) is 0.133. The van der Waals surface area contributed by atoms with Crippen molar-refractivity contribution in [2.24, 2.45) is 5.73 Å². The minimum Gasteiger partial charge on any atom is -0.483 e. The first-order valence-corrected chi connectivity index (χ1v) is 6.29. The van der Waals surface area contributed by atoms with Crippen LogP contribution in [-0.2, 0) is 0 Å². The smallest absolute Gasteiger partial charge is 0.165 e. The fourth-order valence-electron chi connectivity index (χ4n) is 1.73. The summed E-state index contributed by atoms with van der Waals surface area (Å²) in [7, 11) is 0. The Kier molecular flexibility index (Phi) is 4.12. The quantitative estimate of drug-likeness (QED) is 0.866. The van der Waals surface area contributed by atoms with Crippen molar-refractivity contribution in [3.05, 3.63) is 65.5 Å². The van der Waals surface area contributed by atoms with Gasteiger partial charge in [-0.05, 0) is 30.7 Å². The molecule has 2 rings (SSSR count). The van der Waals surface area contributed by atoms with Crippen LogP contribution in [0.4, 0.5) is 4.39 Å². The molecule has 0 radical (unpaired) electrons. The summed E-state index contributed by atoms with van der Waals surface area (Å²) in [6.07, 6.45) is -0.230. The highest BCUT2D eigenvalue weighted by Crippen LogP contribution is 2.25. The second-order valence-corrected chi connectivity index (χ2v) is 4.62. The average Bonchev–Trinajstić information content (AvgIpc) is 2.41. The van der Waals surface area contributed by atoms with Gasteiger partial charge in [0.05, 0.1) is 0 Å². The van der Waals surface area contributed by atoms with Gasteiger partial charge in [-0.1, -0.05) is 42.5 Å². The van der Waals surface area contributed by atoms with Crippen molar-refractivity contribution in [1.82, 2.24) is 0 Å². The molecule has 19 heavy (non-hydrogen) atoms. The fourth-order valence-corrected chi connectivity index (χ4v) is 1.86. The Morgan fingerprint density at radius 1 is 1.21 bits per heavy atom. The van der Waals surface area contributed by atoms with Crippen molar-refractivity contribution in [3.63, 3.8) is 0 Å². The molecule has 1 atom stereocenters. The van der Waals surface area contributed by atoms with E-state index in [9.17, 15) is 4.39 Å². The van der Waals surface area contributed by atoms with Crippen LogP contribution in [0, 0.1) is 5.82 Å². The Morgan fingerprint density at radius 2 is 1.89 bits per heavy atom. The topological polar surface area (TPSA) is 35.2 Å². The Bertz CT molecular complexity index is 586. The van der Waals surface area contributed by atoms with Crippen LogP contribution in [0.25, 0.3) is 0 Å². The van der Waals surface area contributed by atoms with Gasteiger partial charge in [-0.15, -0.1) is 0 Å². The largest absolute Gasteiger partial charge is 0.483 e. The van der Waals surface area contributed by atoms with Crippen LogP contribution in [0.15, 0.2) is 48.5 Å². The van der Waals surface area contributed by atoms with Crippen LogP contribution in [0.5, 0.6) is 5.75 Å². The van der Waals surface area contributed by atoms with Crippen molar-refractivity contribution in [1.29, 1.82) is 0 Å². The summed E-state index contributed by atoms with van der Waals surface area (Å²) in [5, 5.41) is 0. The van der Waals surface area contributed by atoms with E-state index in [1.54, 1.807) is 12.1 Å². The zero-order valence-corrected chi connectivity index (χ0v) is 11.3. The summed E-state index contributed by atoms with van der Waals surface area (Å²) in [6, 6.07) is 14.1. The third-order valence-corrected chi connectivity index (χ3v) is 3.02. The van der Waals surface area contributed by atoms with Crippen molar-refractivity contribution in [3.8, 4) is 5.75 Å². The van der Waals surface area contributed by atoms with E-state index in [1.165, 1.54) is 6.07 Å². The summed E-state index contributed by atoms with van der Waals surface area (Å²) in [5.41, 5.74) is 6.93. The molecule has 0 fully saturated rings. The molecule has 0 bridgehead atoms. The molecular formula is C15H14FNOS. The van der Waals surface area contributed by atoms with Crippen LogP contribution >= 0.6 is 12.2 Å². The molecular weight excluding hydrogens is 261 g/mol. The van der Waals surface area contributed by atoms with Gasteiger partial charge < -0.3 is 10.5 Å². The van der Waals surface area contributed by atoms with Gasteiger partial charge in [0.25, 0.3) is 0 Å². The van der Waals surface area contributed by atoms with Crippen molar-refractivity contribution < 1.29 is 9.13 Å². The average molecular weight is 275 g/mol. The van der Waals surface area contributed by atoms with Crippen LogP contribution in [0.3, 0.4) is 0 Å². The standard InChI is InChI=1S/C15H14FNOS/c1-10(11-5-3-2-4-6-11)18-14-8-7-12(15(17)19)9-13(14)16/h2-10H,1H3,(H2,17,19). The lowest BCUT2D eigenvalue weighted by molar-refractivity contribution is 0.216. The molecule has 0 aliphatic carbocycles. The van der Waals surface area contributed by atoms with Crippen LogP contribution in [-0.4, -0.2) is 4.99 Å². The maximum absolute atomic E-state index is 13.8. The zero-order valence-electron chi connectivity index (χ0n) is 10.5. The zero-order chi connectivity index (χ0) is 13.8. The molecule has 0 aliphatic rings. The number of thiocarbonyl (C=S) groups is 1. The van der Waals surface area contributed by atoms with E-state index in [0.717, 1.165) is 5.56 Å². The highest BCUT2D eigenvalue weighted by atomic mass is 32.1. The van der Waals surface area contributed by atoms with E-state index in [4.69, 9.17) is 22.7 Å². The summed E-state index contributed by atoms with van der Waals surface area (Å²) >= 11 is 4.80. The lowest BCUT2D eigenvalue weighted by Gasteiger charge is -2.15. The number of ether oxygens (including phenoxy) is 1. The van der Waals surface area contributed by atoms with E-state index >= 15 is 0 Å². The number of hydrogen-bond acceptors (Lipinski definition) is 2. The molecule has 0 saturated carbocycles. The number of nitrogens with two attached hydrogens (primary N) is 1. The van der Waals surface area contributed by atoms with E-state index in [0.29, 0.717) is 5.56 Å². The van der Waals surface area contributed by atoms with Gasteiger partial charge in [0, 0.05) is 5.56 Å². The Balaban J connectivity index is 2.18. The van der Waals surface area contributed by atoms with Gasteiger partial charge in [-0.3, -0.25) is 0 Å². The molecule has 2 nitrogen and oxygen atoms in total. The molecule has 2 aromatic rings. The SMILES string of the molecule is CC(Oc1ccc(C(N)=S)cc1F)c1ccccc1. The first-order valence-electron chi connectivity index (χ1n) is 5.89. The minimum absolute atomic E-state index is 0.168. The highest BCUT2D eigenvalue weighted by Gasteiger charge is 2.11. The number of rotatable bonds is 4. The Hall–Kier alpha value is -1.94. The molecule has 2 aromatic carbocycles. The monoisotopic (exact) mass is 275 g/mol. The molecule has 2 N–H and O–H groups in total. The highest BCUT2D eigenvalue weighted by molar-refractivity contribution is 7.80. The Morgan fingerprint density at radius 3 is 2.47 bits per heavy atom. The van der Waals surface area contributed by atoms with Crippen molar-refractivity contribution >= 4 is 17.2 Å². The van der Waals surface area contributed by atoms with Gasteiger partial charge in [0.1, 0.15) is 11.1 Å². The molecule has 0 aliphatic heterocycles. The molecule has 0 saturated heterocycles. The van der Waals surface area contributed by atoms with Gasteiger partial charge >= 0.3 is 0 Å². The van der Waals surface area contributed by atoms with E-state index < -0.39 is 5.82 Å². The summed E-state index contributed by atoms with van der Waals surface area (Å²) < 4.78 is 19.5. The number of hydrogen-bond donors (Lipinski definition) is 1. The Labute approximate surface area is 117 Å². The van der Waals surface area contributed by atoms with Crippen LogP contribution < -0.4 is 10.5 Å². The number of benzene rings is 2. The molecule has 98 valence electrons. The normalized spacial score (nSPS) is 11.9. The second-order valence-electron chi connectivity index (χ2n) is 4.18. The van der Waals surface area contributed by atoms with Gasteiger partial charge in [0.15, 0.2) is 11.6 Å². The summed E-state index contributed by atoms with van der Waals surface area (Å²) in [5.74, 6) is -0.274. The predicted molar refractivity (Wildman–Crippen MR) is 77.8 cm³/mol. The second kappa shape index (κ2) is 5.80. The van der Waals surface area contributed by atoms with Gasteiger partial charge in [0.2, 0.25) is 0 Å². The summed E-state index contributed by atoms with van der Waals surface area (Å²) in [6.45, 7) is 1.87. The molecule has 0 heterocycles. The lowest BCUT2D eigenvalue weighted by atomic mass is 10.1. The molecule has 1 unspecified atom stereocenters. The molecule has 0 spiro atoms. The third-order valence-electron chi connectivity index (χ3n) is 2.79. The maximum Gasteiger partial charge on any atom is 0.165 e. The van der Waals surface area contributed by atoms with Crippen LogP contribution in [0.2, 0.25) is 0 Å². The molecule has 0 amide bonds. The van der Waals surface area contributed by atoms with Crippen LogP contribution in [0.1, 0.15) is 24.2 Å². The molecule has 0 aromatic heterocycles. The van der Waals surface area contributed by atoms with Gasteiger partial charge in [-0.2, -0.15) is 0 Å². The first-order chi connectivity index (χ1) is 9.08.